The van der Waals surface area contributed by atoms with Gasteiger partial charge in [0.25, 0.3) is 5.91 Å². The van der Waals surface area contributed by atoms with Crippen molar-refractivity contribution in [1.82, 2.24) is 24.9 Å². The van der Waals surface area contributed by atoms with E-state index in [1.54, 1.807) is 0 Å². The van der Waals surface area contributed by atoms with Crippen LogP contribution in [0.5, 0.6) is 0 Å². The number of benzene rings is 2. The van der Waals surface area contributed by atoms with Gasteiger partial charge >= 0.3 is 0 Å². The molecule has 0 saturated carbocycles. The lowest BCUT2D eigenvalue weighted by Crippen LogP contribution is -2.34. The number of nitrogens with one attached hydrogen (secondary N) is 1. The highest BCUT2D eigenvalue weighted by Crippen LogP contribution is 2.28. The maximum Gasteiger partial charge on any atom is 0.254 e. The maximum absolute atomic E-state index is 12.9. The summed E-state index contributed by atoms with van der Waals surface area (Å²) in [5.74, 6) is 0.519. The molecule has 1 aliphatic heterocycles. The predicted molar refractivity (Wildman–Crippen MR) is 112 cm³/mol. The van der Waals surface area contributed by atoms with Gasteiger partial charge in [-0.05, 0) is 49.1 Å². The Bertz CT molecular complexity index is 1130. The zero-order valence-corrected chi connectivity index (χ0v) is 16.3. The van der Waals surface area contributed by atoms with Gasteiger partial charge in [0.15, 0.2) is 0 Å². The molecular formula is C23H23N5O. The van der Waals surface area contributed by atoms with E-state index in [1.165, 1.54) is 0 Å². The van der Waals surface area contributed by atoms with Crippen molar-refractivity contribution in [2.75, 3.05) is 6.54 Å². The van der Waals surface area contributed by atoms with Gasteiger partial charge in [-0.1, -0.05) is 24.3 Å². The molecule has 0 unspecified atom stereocenters. The average Bonchev–Trinajstić information content (AvgIpc) is 3.49. The standard InChI is InChI=1S/C23H23N5O/c1-16-9-17(14-27(16)23(29)18-5-3-2-4-6-18)15-28-22-8-7-19(10-20(22)13-26-28)21-11-24-25-12-21/h2-8,10-13,16-17H,9,14-15H2,1H3,(H,24,25)/t16-,17+/m1/s1. The highest BCUT2D eigenvalue weighted by Gasteiger charge is 2.33. The first-order valence-corrected chi connectivity index (χ1v) is 10.00. The average molecular weight is 385 g/mol. The molecule has 2 atom stereocenters. The normalized spacial score (nSPS) is 19.1. The van der Waals surface area contributed by atoms with Crippen LogP contribution in [0.1, 0.15) is 23.7 Å². The number of amides is 1. The third-order valence-electron chi connectivity index (χ3n) is 5.85. The minimum Gasteiger partial charge on any atom is -0.336 e. The van der Waals surface area contributed by atoms with Crippen molar-refractivity contribution in [2.45, 2.75) is 25.9 Å². The summed E-state index contributed by atoms with van der Waals surface area (Å²) in [6.45, 7) is 3.72. The largest absolute Gasteiger partial charge is 0.336 e. The molecule has 1 saturated heterocycles. The van der Waals surface area contributed by atoms with Crippen LogP contribution < -0.4 is 0 Å². The molecule has 2 aromatic carbocycles. The van der Waals surface area contributed by atoms with Crippen molar-refractivity contribution < 1.29 is 4.79 Å². The van der Waals surface area contributed by atoms with Crippen LogP contribution in [0, 0.1) is 5.92 Å². The number of H-pyrrole nitrogens is 1. The summed E-state index contributed by atoms with van der Waals surface area (Å²) in [5.41, 5.74) is 4.08. The van der Waals surface area contributed by atoms with Crippen molar-refractivity contribution in [3.8, 4) is 11.1 Å². The number of hydrogen-bond donors (Lipinski definition) is 1. The maximum atomic E-state index is 12.9. The second kappa shape index (κ2) is 7.20. The first kappa shape index (κ1) is 17.7. The Morgan fingerprint density at radius 2 is 2.00 bits per heavy atom. The van der Waals surface area contributed by atoms with E-state index >= 15 is 0 Å². The Kier molecular flexibility index (Phi) is 4.39. The van der Waals surface area contributed by atoms with Crippen LogP contribution in [0.15, 0.2) is 67.1 Å². The molecule has 146 valence electrons. The second-order valence-corrected chi connectivity index (χ2v) is 7.86. The molecule has 1 amide bonds. The SMILES string of the molecule is C[C@@H]1C[C@H](Cn2ncc3cc(-c4cn[nH]c4)ccc32)CN1C(=O)c1ccccc1. The summed E-state index contributed by atoms with van der Waals surface area (Å²) >= 11 is 0. The first-order chi connectivity index (χ1) is 14.2. The fraction of sp³-hybridized carbons (Fsp3) is 0.261. The smallest absolute Gasteiger partial charge is 0.254 e. The van der Waals surface area contributed by atoms with Crippen molar-refractivity contribution in [2.24, 2.45) is 5.92 Å². The number of carbonyl (C=O) groups is 1. The third-order valence-corrected chi connectivity index (χ3v) is 5.85. The first-order valence-electron chi connectivity index (χ1n) is 10.00. The number of nitrogens with zero attached hydrogens (tertiary/aromatic N) is 4. The number of aromatic amines is 1. The fourth-order valence-electron chi connectivity index (χ4n) is 4.37. The Morgan fingerprint density at radius 1 is 1.14 bits per heavy atom. The van der Waals surface area contributed by atoms with Crippen LogP contribution in [-0.2, 0) is 6.54 Å². The van der Waals surface area contributed by atoms with E-state index in [9.17, 15) is 4.79 Å². The molecule has 5 rings (SSSR count). The minimum atomic E-state index is 0.121. The molecule has 0 spiro atoms. The van der Waals surface area contributed by atoms with Crippen LogP contribution >= 0.6 is 0 Å². The van der Waals surface area contributed by atoms with E-state index in [0.29, 0.717) is 5.92 Å². The van der Waals surface area contributed by atoms with Crippen molar-refractivity contribution in [1.29, 1.82) is 0 Å². The topological polar surface area (TPSA) is 66.8 Å². The van der Waals surface area contributed by atoms with E-state index in [0.717, 1.165) is 47.1 Å². The van der Waals surface area contributed by atoms with E-state index < -0.39 is 0 Å². The lowest BCUT2D eigenvalue weighted by Gasteiger charge is -2.21. The Morgan fingerprint density at radius 3 is 2.79 bits per heavy atom. The van der Waals surface area contributed by atoms with Gasteiger partial charge < -0.3 is 4.90 Å². The molecule has 0 bridgehead atoms. The minimum absolute atomic E-state index is 0.121. The van der Waals surface area contributed by atoms with Gasteiger partial charge in [0.1, 0.15) is 0 Å². The van der Waals surface area contributed by atoms with Crippen molar-refractivity contribution in [3.63, 3.8) is 0 Å². The summed E-state index contributed by atoms with van der Waals surface area (Å²) in [7, 11) is 0. The molecule has 2 aromatic heterocycles. The third kappa shape index (κ3) is 3.31. The molecule has 3 heterocycles. The molecule has 0 radical (unpaired) electrons. The van der Waals surface area contributed by atoms with Crippen molar-refractivity contribution >= 4 is 16.8 Å². The summed E-state index contributed by atoms with van der Waals surface area (Å²) in [6, 6.07) is 16.2. The summed E-state index contributed by atoms with van der Waals surface area (Å²) < 4.78 is 2.07. The number of carbonyl (C=O) groups excluding carboxylic acids is 1. The Hall–Kier alpha value is -3.41. The van der Waals surface area contributed by atoms with Gasteiger partial charge in [-0.15, -0.1) is 0 Å². The fourth-order valence-corrected chi connectivity index (χ4v) is 4.37. The van der Waals surface area contributed by atoms with Crippen LogP contribution in [-0.4, -0.2) is 43.4 Å². The quantitative estimate of drug-likeness (QED) is 0.578. The van der Waals surface area contributed by atoms with Gasteiger partial charge in [-0.2, -0.15) is 10.2 Å². The van der Waals surface area contributed by atoms with Crippen LogP contribution in [0.25, 0.3) is 22.0 Å². The summed E-state index contributed by atoms with van der Waals surface area (Å²) in [5, 5.41) is 12.6. The highest BCUT2D eigenvalue weighted by atomic mass is 16.2. The molecule has 29 heavy (non-hydrogen) atoms. The molecule has 6 nitrogen and oxygen atoms in total. The van der Waals surface area contributed by atoms with E-state index in [2.05, 4.69) is 45.1 Å². The zero-order chi connectivity index (χ0) is 19.8. The molecule has 1 fully saturated rings. The molecule has 4 aromatic rings. The lowest BCUT2D eigenvalue weighted by atomic mass is 10.1. The number of fused-ring (bicyclic) bond motifs is 1. The number of hydrogen-bond acceptors (Lipinski definition) is 3. The molecule has 1 N–H and O–H groups in total. The number of aromatic nitrogens is 4. The molecule has 6 heteroatoms. The molecular weight excluding hydrogens is 362 g/mol. The molecule has 1 aliphatic rings. The summed E-state index contributed by atoms with van der Waals surface area (Å²) in [6.07, 6.45) is 6.63. The van der Waals surface area contributed by atoms with E-state index in [1.807, 2.05) is 53.8 Å². The van der Waals surface area contributed by atoms with Gasteiger partial charge in [0.2, 0.25) is 0 Å². The number of likely N-dealkylation sites (tertiary alicyclic amines) is 1. The van der Waals surface area contributed by atoms with E-state index in [-0.39, 0.29) is 11.9 Å². The van der Waals surface area contributed by atoms with Gasteiger partial charge in [0, 0.05) is 41.8 Å². The number of rotatable bonds is 4. The van der Waals surface area contributed by atoms with Gasteiger partial charge in [-0.3, -0.25) is 14.6 Å². The molecule has 0 aliphatic carbocycles. The van der Waals surface area contributed by atoms with E-state index in [4.69, 9.17) is 0 Å². The Balaban J connectivity index is 1.33. The predicted octanol–water partition coefficient (Wildman–Crippen LogP) is 3.98. The summed E-state index contributed by atoms with van der Waals surface area (Å²) in [4.78, 5) is 14.9. The van der Waals surface area contributed by atoms with Crippen LogP contribution in [0.3, 0.4) is 0 Å². The second-order valence-electron chi connectivity index (χ2n) is 7.86. The van der Waals surface area contributed by atoms with Gasteiger partial charge in [-0.25, -0.2) is 0 Å². The van der Waals surface area contributed by atoms with Crippen LogP contribution in [0.4, 0.5) is 0 Å². The van der Waals surface area contributed by atoms with Crippen LogP contribution in [0.2, 0.25) is 0 Å². The van der Waals surface area contributed by atoms with Crippen molar-refractivity contribution in [3.05, 3.63) is 72.7 Å². The lowest BCUT2D eigenvalue weighted by molar-refractivity contribution is 0.0742. The zero-order valence-electron chi connectivity index (χ0n) is 16.3. The Labute approximate surface area is 169 Å². The monoisotopic (exact) mass is 385 g/mol. The highest BCUT2D eigenvalue weighted by molar-refractivity contribution is 5.94. The van der Waals surface area contributed by atoms with Gasteiger partial charge in [0.05, 0.1) is 17.9 Å².